The summed E-state index contributed by atoms with van der Waals surface area (Å²) < 4.78 is 2.21. The van der Waals surface area contributed by atoms with E-state index in [1.165, 1.54) is 10.9 Å². The predicted molar refractivity (Wildman–Crippen MR) is 64.9 cm³/mol. The Labute approximate surface area is 94.9 Å². The maximum absolute atomic E-state index is 12.1. The average molecular weight is 213 g/mol. The summed E-state index contributed by atoms with van der Waals surface area (Å²) in [5, 5.41) is 1.23. The quantitative estimate of drug-likeness (QED) is 0.658. The maximum atomic E-state index is 12.1. The highest BCUT2D eigenvalue weighted by atomic mass is 16.1. The third kappa shape index (κ3) is 1.22. The van der Waals surface area contributed by atoms with Crippen molar-refractivity contribution in [2.24, 2.45) is 0 Å². The summed E-state index contributed by atoms with van der Waals surface area (Å²) in [7, 11) is 0. The number of Topliss-reactive ketones (excluding diaryl/α,β-unsaturated/α-hetero) is 1. The number of ketones is 1. The molecule has 0 aliphatic carbocycles. The number of aromatic nitrogens is 1. The number of rotatable bonds is 0. The molecule has 0 bridgehead atoms. The number of carbonyl (C=O) groups excluding carboxylic acids is 1. The first-order valence-corrected chi connectivity index (χ1v) is 5.90. The lowest BCUT2D eigenvalue weighted by Crippen LogP contribution is -2.06. The summed E-state index contributed by atoms with van der Waals surface area (Å²) in [6, 6.07) is 8.31. The van der Waals surface area contributed by atoms with Crippen LogP contribution in [0.2, 0.25) is 0 Å². The van der Waals surface area contributed by atoms with Crippen molar-refractivity contribution in [3.63, 3.8) is 0 Å². The van der Waals surface area contributed by atoms with Crippen LogP contribution in [0.25, 0.3) is 10.9 Å². The van der Waals surface area contributed by atoms with Gasteiger partial charge in [0.15, 0.2) is 5.78 Å². The van der Waals surface area contributed by atoms with E-state index in [9.17, 15) is 4.79 Å². The highest BCUT2D eigenvalue weighted by Crippen LogP contribution is 2.29. The van der Waals surface area contributed by atoms with E-state index in [1.807, 2.05) is 12.1 Å². The highest BCUT2D eigenvalue weighted by Gasteiger charge is 2.21. The van der Waals surface area contributed by atoms with Gasteiger partial charge in [-0.05, 0) is 31.4 Å². The van der Waals surface area contributed by atoms with Crippen molar-refractivity contribution in [3.05, 3.63) is 35.5 Å². The molecule has 0 atom stereocenters. The van der Waals surface area contributed by atoms with E-state index in [4.69, 9.17) is 0 Å². The van der Waals surface area contributed by atoms with Crippen LogP contribution in [-0.2, 0) is 6.54 Å². The molecule has 0 fully saturated rings. The fourth-order valence-electron chi connectivity index (χ4n) is 2.74. The number of fused-ring (bicyclic) bond motifs is 3. The number of benzene rings is 1. The summed E-state index contributed by atoms with van der Waals surface area (Å²) in [4.78, 5) is 12.1. The fraction of sp³-hybridized carbons (Fsp3) is 0.357. The minimum Gasteiger partial charge on any atom is -0.338 e. The Balaban J connectivity index is 2.38. The maximum Gasteiger partial charge on any atom is 0.179 e. The minimum absolute atomic E-state index is 0.311. The molecule has 82 valence electrons. The van der Waals surface area contributed by atoms with Gasteiger partial charge in [-0.1, -0.05) is 18.2 Å². The summed E-state index contributed by atoms with van der Waals surface area (Å²) in [6.45, 7) is 3.05. The van der Waals surface area contributed by atoms with E-state index in [0.717, 1.165) is 30.6 Å². The standard InChI is InChI=1S/C14H15NO/c1-10-11-6-2-3-7-12(11)15-9-5-4-8-13(16)14(10)15/h2-3,6-7H,4-5,8-9H2,1H3. The largest absolute Gasteiger partial charge is 0.338 e. The molecule has 0 saturated carbocycles. The van der Waals surface area contributed by atoms with Crippen LogP contribution in [0.1, 0.15) is 35.3 Å². The van der Waals surface area contributed by atoms with Crippen LogP contribution in [0.4, 0.5) is 0 Å². The molecule has 1 aromatic carbocycles. The summed E-state index contributed by atoms with van der Waals surface area (Å²) in [5.74, 6) is 0.311. The molecule has 1 aliphatic rings. The Morgan fingerprint density at radius 1 is 1.19 bits per heavy atom. The first-order chi connectivity index (χ1) is 7.79. The van der Waals surface area contributed by atoms with Gasteiger partial charge in [-0.2, -0.15) is 0 Å². The monoisotopic (exact) mass is 213 g/mol. The molecule has 0 spiro atoms. The molecule has 2 nitrogen and oxygen atoms in total. The zero-order chi connectivity index (χ0) is 11.1. The van der Waals surface area contributed by atoms with Gasteiger partial charge in [0.05, 0.1) is 5.69 Å². The topological polar surface area (TPSA) is 22.0 Å². The van der Waals surface area contributed by atoms with E-state index in [1.54, 1.807) is 0 Å². The van der Waals surface area contributed by atoms with E-state index in [2.05, 4.69) is 23.6 Å². The Morgan fingerprint density at radius 3 is 2.88 bits per heavy atom. The van der Waals surface area contributed by atoms with Crippen LogP contribution < -0.4 is 0 Å². The summed E-state index contributed by atoms with van der Waals surface area (Å²) in [6.07, 6.45) is 2.84. The molecule has 1 aliphatic heterocycles. The molecular weight excluding hydrogens is 198 g/mol. The van der Waals surface area contributed by atoms with Crippen LogP contribution in [0, 0.1) is 6.92 Å². The lowest BCUT2D eigenvalue weighted by molar-refractivity contribution is 0.0977. The molecule has 1 aromatic heterocycles. The Bertz CT molecular complexity index is 565. The lowest BCUT2D eigenvalue weighted by atomic mass is 10.1. The molecule has 2 heteroatoms. The number of aryl methyl sites for hydroxylation is 2. The molecule has 2 heterocycles. The lowest BCUT2D eigenvalue weighted by Gasteiger charge is -2.05. The van der Waals surface area contributed by atoms with E-state index >= 15 is 0 Å². The van der Waals surface area contributed by atoms with Gasteiger partial charge >= 0.3 is 0 Å². The van der Waals surface area contributed by atoms with E-state index < -0.39 is 0 Å². The average Bonchev–Trinajstić information content (AvgIpc) is 2.46. The normalized spacial score (nSPS) is 16.2. The van der Waals surface area contributed by atoms with Crippen LogP contribution in [-0.4, -0.2) is 10.4 Å². The van der Waals surface area contributed by atoms with Gasteiger partial charge in [0, 0.05) is 23.9 Å². The smallest absolute Gasteiger partial charge is 0.179 e. The van der Waals surface area contributed by atoms with Crippen molar-refractivity contribution in [1.29, 1.82) is 0 Å². The molecule has 0 N–H and O–H groups in total. The van der Waals surface area contributed by atoms with Gasteiger partial charge in [-0.3, -0.25) is 4.79 Å². The van der Waals surface area contributed by atoms with Gasteiger partial charge < -0.3 is 4.57 Å². The van der Waals surface area contributed by atoms with Crippen LogP contribution in [0.5, 0.6) is 0 Å². The van der Waals surface area contributed by atoms with Gasteiger partial charge in [-0.15, -0.1) is 0 Å². The second-order valence-corrected chi connectivity index (χ2v) is 4.52. The molecule has 0 radical (unpaired) electrons. The summed E-state index contributed by atoms with van der Waals surface area (Å²) >= 11 is 0. The number of hydrogen-bond donors (Lipinski definition) is 0. The number of para-hydroxylation sites is 1. The third-order valence-corrected chi connectivity index (χ3v) is 3.52. The second-order valence-electron chi connectivity index (χ2n) is 4.52. The molecule has 0 unspecified atom stereocenters. The Kier molecular flexibility index (Phi) is 2.10. The van der Waals surface area contributed by atoms with E-state index in [0.29, 0.717) is 12.2 Å². The molecule has 16 heavy (non-hydrogen) atoms. The van der Waals surface area contributed by atoms with Crippen molar-refractivity contribution >= 4 is 16.7 Å². The van der Waals surface area contributed by atoms with Gasteiger partial charge in [0.2, 0.25) is 0 Å². The highest BCUT2D eigenvalue weighted by molar-refractivity contribution is 6.02. The van der Waals surface area contributed by atoms with Crippen molar-refractivity contribution in [3.8, 4) is 0 Å². The summed E-state index contributed by atoms with van der Waals surface area (Å²) in [5.41, 5.74) is 3.31. The Morgan fingerprint density at radius 2 is 2.00 bits per heavy atom. The minimum atomic E-state index is 0.311. The SMILES string of the molecule is Cc1c2n(c3ccccc13)CCCCC2=O. The first-order valence-electron chi connectivity index (χ1n) is 5.90. The van der Waals surface area contributed by atoms with E-state index in [-0.39, 0.29) is 0 Å². The first kappa shape index (κ1) is 9.64. The van der Waals surface area contributed by atoms with Crippen molar-refractivity contribution < 1.29 is 4.79 Å². The van der Waals surface area contributed by atoms with Gasteiger partial charge in [0.25, 0.3) is 0 Å². The Hall–Kier alpha value is -1.57. The molecule has 0 saturated heterocycles. The van der Waals surface area contributed by atoms with Crippen molar-refractivity contribution in [2.45, 2.75) is 32.7 Å². The second kappa shape index (κ2) is 3.48. The van der Waals surface area contributed by atoms with Crippen molar-refractivity contribution in [2.75, 3.05) is 0 Å². The van der Waals surface area contributed by atoms with Gasteiger partial charge in [-0.25, -0.2) is 0 Å². The third-order valence-electron chi connectivity index (χ3n) is 3.52. The molecule has 2 aromatic rings. The van der Waals surface area contributed by atoms with Crippen molar-refractivity contribution in [1.82, 2.24) is 4.57 Å². The predicted octanol–water partition coefficient (Wildman–Crippen LogP) is 3.32. The number of hydrogen-bond acceptors (Lipinski definition) is 1. The van der Waals surface area contributed by atoms with Crippen LogP contribution in [0.15, 0.2) is 24.3 Å². The van der Waals surface area contributed by atoms with Gasteiger partial charge in [0.1, 0.15) is 0 Å². The van der Waals surface area contributed by atoms with Crippen LogP contribution in [0.3, 0.4) is 0 Å². The molecular formula is C14H15NO. The zero-order valence-electron chi connectivity index (χ0n) is 9.49. The number of carbonyl (C=O) groups is 1. The fourth-order valence-corrected chi connectivity index (χ4v) is 2.74. The van der Waals surface area contributed by atoms with Crippen LogP contribution >= 0.6 is 0 Å². The molecule has 3 rings (SSSR count). The zero-order valence-corrected chi connectivity index (χ0v) is 9.49. The molecule has 0 amide bonds. The number of nitrogens with zero attached hydrogens (tertiary/aromatic N) is 1.